The molecule has 0 fully saturated rings. The second-order valence-electron chi connectivity index (χ2n) is 3.54. The molecule has 1 aromatic carbocycles. The number of aliphatic hydroxyl groups excluding tert-OH is 1. The molecule has 0 amide bonds. The highest BCUT2D eigenvalue weighted by atomic mass is 16.3. The molecule has 78 valence electrons. The predicted octanol–water partition coefficient (Wildman–Crippen LogP) is 1.25. The van der Waals surface area contributed by atoms with Gasteiger partial charge in [-0.1, -0.05) is 19.1 Å². The summed E-state index contributed by atoms with van der Waals surface area (Å²) in [4.78, 5) is 2.07. The maximum atomic E-state index is 9.83. The van der Waals surface area contributed by atoms with E-state index in [4.69, 9.17) is 5.73 Å². The van der Waals surface area contributed by atoms with Gasteiger partial charge in [0.05, 0.1) is 6.10 Å². The van der Waals surface area contributed by atoms with E-state index < -0.39 is 6.10 Å². The fourth-order valence-corrected chi connectivity index (χ4v) is 1.25. The van der Waals surface area contributed by atoms with Crippen LogP contribution in [0.2, 0.25) is 0 Å². The number of nitrogen functional groups attached to an aromatic ring is 1. The fraction of sp³-hybridized carbons (Fsp3) is 0.455. The first-order valence-electron chi connectivity index (χ1n) is 4.85. The molecule has 0 heterocycles. The molecule has 1 unspecified atom stereocenters. The van der Waals surface area contributed by atoms with Crippen molar-refractivity contribution in [3.05, 3.63) is 29.8 Å². The Bertz CT molecular complexity index is 271. The van der Waals surface area contributed by atoms with Crippen molar-refractivity contribution in [3.8, 4) is 0 Å². The summed E-state index contributed by atoms with van der Waals surface area (Å²) >= 11 is 0. The molecule has 1 rings (SSSR count). The number of nitrogens with zero attached hydrogens (tertiary/aromatic N) is 1. The lowest BCUT2D eigenvalue weighted by Gasteiger charge is -2.18. The first kappa shape index (κ1) is 11.0. The van der Waals surface area contributed by atoms with Crippen molar-refractivity contribution in [2.45, 2.75) is 13.0 Å². The van der Waals surface area contributed by atoms with Crippen LogP contribution in [0.25, 0.3) is 0 Å². The average Bonchev–Trinajstić information content (AvgIpc) is 2.18. The van der Waals surface area contributed by atoms with E-state index in [2.05, 4.69) is 11.8 Å². The van der Waals surface area contributed by atoms with Crippen LogP contribution < -0.4 is 5.73 Å². The molecule has 0 bridgehead atoms. The molecule has 0 aliphatic carbocycles. The van der Waals surface area contributed by atoms with Crippen molar-refractivity contribution in [3.63, 3.8) is 0 Å². The zero-order valence-electron chi connectivity index (χ0n) is 8.77. The Morgan fingerprint density at radius 2 is 1.93 bits per heavy atom. The SMILES string of the molecule is CCN(C)CC(O)c1ccc(N)cc1. The molecule has 0 radical (unpaired) electrons. The fourth-order valence-electron chi connectivity index (χ4n) is 1.25. The summed E-state index contributed by atoms with van der Waals surface area (Å²) in [6.07, 6.45) is -0.430. The first-order valence-corrected chi connectivity index (χ1v) is 4.85. The molecule has 3 nitrogen and oxygen atoms in total. The van der Waals surface area contributed by atoms with Crippen LogP contribution in [0.4, 0.5) is 5.69 Å². The van der Waals surface area contributed by atoms with Crippen LogP contribution in [0.1, 0.15) is 18.6 Å². The van der Waals surface area contributed by atoms with Gasteiger partial charge in [0.25, 0.3) is 0 Å². The molecule has 0 aliphatic rings. The Hall–Kier alpha value is -1.06. The lowest BCUT2D eigenvalue weighted by molar-refractivity contribution is 0.129. The topological polar surface area (TPSA) is 49.5 Å². The van der Waals surface area contributed by atoms with E-state index in [1.165, 1.54) is 0 Å². The largest absolute Gasteiger partial charge is 0.399 e. The molecule has 3 N–H and O–H groups in total. The molecular weight excluding hydrogens is 176 g/mol. The molecule has 1 atom stereocenters. The number of hydrogen-bond donors (Lipinski definition) is 2. The first-order chi connectivity index (χ1) is 6.63. The number of anilines is 1. The van der Waals surface area contributed by atoms with E-state index in [1.807, 2.05) is 31.3 Å². The van der Waals surface area contributed by atoms with Gasteiger partial charge in [0.1, 0.15) is 0 Å². The van der Waals surface area contributed by atoms with E-state index in [-0.39, 0.29) is 0 Å². The third-order valence-electron chi connectivity index (χ3n) is 2.35. The van der Waals surface area contributed by atoms with Gasteiger partial charge in [-0.25, -0.2) is 0 Å². The maximum Gasteiger partial charge on any atom is 0.0916 e. The second-order valence-corrected chi connectivity index (χ2v) is 3.54. The van der Waals surface area contributed by atoms with E-state index in [0.717, 1.165) is 17.8 Å². The van der Waals surface area contributed by atoms with Crippen molar-refractivity contribution >= 4 is 5.69 Å². The zero-order valence-corrected chi connectivity index (χ0v) is 8.77. The van der Waals surface area contributed by atoms with E-state index in [0.29, 0.717) is 6.54 Å². The van der Waals surface area contributed by atoms with Crippen LogP contribution in [-0.4, -0.2) is 30.1 Å². The molecule has 0 aliphatic heterocycles. The third kappa shape index (κ3) is 3.01. The van der Waals surface area contributed by atoms with Gasteiger partial charge in [0, 0.05) is 12.2 Å². The van der Waals surface area contributed by atoms with E-state index in [9.17, 15) is 5.11 Å². The number of benzene rings is 1. The molecular formula is C11H18N2O. The van der Waals surface area contributed by atoms with Gasteiger partial charge >= 0.3 is 0 Å². The zero-order chi connectivity index (χ0) is 10.6. The number of aliphatic hydroxyl groups is 1. The molecule has 3 heteroatoms. The van der Waals surface area contributed by atoms with Gasteiger partial charge in [-0.2, -0.15) is 0 Å². The third-order valence-corrected chi connectivity index (χ3v) is 2.35. The van der Waals surface area contributed by atoms with Crippen LogP contribution in [0.5, 0.6) is 0 Å². The summed E-state index contributed by atoms with van der Waals surface area (Å²) in [6, 6.07) is 7.35. The minimum Gasteiger partial charge on any atom is -0.399 e. The Morgan fingerprint density at radius 3 is 2.43 bits per heavy atom. The lowest BCUT2D eigenvalue weighted by atomic mass is 10.1. The van der Waals surface area contributed by atoms with E-state index in [1.54, 1.807) is 0 Å². The summed E-state index contributed by atoms with van der Waals surface area (Å²) in [5.41, 5.74) is 7.21. The average molecular weight is 194 g/mol. The summed E-state index contributed by atoms with van der Waals surface area (Å²) < 4.78 is 0. The van der Waals surface area contributed by atoms with Gasteiger partial charge in [-0.3, -0.25) is 0 Å². The smallest absolute Gasteiger partial charge is 0.0916 e. The van der Waals surface area contributed by atoms with Crippen molar-refractivity contribution in [1.29, 1.82) is 0 Å². The number of hydrogen-bond acceptors (Lipinski definition) is 3. The van der Waals surface area contributed by atoms with Crippen LogP contribution >= 0.6 is 0 Å². The van der Waals surface area contributed by atoms with Crippen molar-refractivity contribution in [2.24, 2.45) is 0 Å². The Morgan fingerprint density at radius 1 is 1.36 bits per heavy atom. The number of likely N-dealkylation sites (N-methyl/N-ethyl adjacent to an activating group) is 1. The number of rotatable bonds is 4. The minimum atomic E-state index is -0.430. The van der Waals surface area contributed by atoms with Crippen LogP contribution in [0.15, 0.2) is 24.3 Å². The Balaban J connectivity index is 2.60. The summed E-state index contributed by atoms with van der Waals surface area (Å²) in [6.45, 7) is 3.65. The van der Waals surface area contributed by atoms with Gasteiger partial charge in [0.2, 0.25) is 0 Å². The van der Waals surface area contributed by atoms with Crippen LogP contribution in [0, 0.1) is 0 Å². The minimum absolute atomic E-state index is 0.430. The standard InChI is InChI=1S/C11H18N2O/c1-3-13(2)8-11(14)9-4-6-10(12)7-5-9/h4-7,11,14H,3,8,12H2,1-2H3. The van der Waals surface area contributed by atoms with Crippen LogP contribution in [0.3, 0.4) is 0 Å². The highest BCUT2D eigenvalue weighted by molar-refractivity contribution is 5.39. The normalized spacial score (nSPS) is 13.1. The predicted molar refractivity (Wildman–Crippen MR) is 59.0 cm³/mol. The summed E-state index contributed by atoms with van der Waals surface area (Å²) in [5, 5.41) is 9.83. The van der Waals surface area contributed by atoms with Crippen molar-refractivity contribution in [2.75, 3.05) is 25.9 Å². The molecule has 1 aromatic rings. The highest BCUT2D eigenvalue weighted by Crippen LogP contribution is 2.15. The van der Waals surface area contributed by atoms with Gasteiger partial charge in [-0.05, 0) is 31.3 Å². The Kier molecular flexibility index (Phi) is 3.92. The van der Waals surface area contributed by atoms with Crippen molar-refractivity contribution < 1.29 is 5.11 Å². The van der Waals surface area contributed by atoms with Gasteiger partial charge in [0.15, 0.2) is 0 Å². The second kappa shape index (κ2) is 4.98. The Labute approximate surface area is 85.2 Å². The molecule has 0 spiro atoms. The monoisotopic (exact) mass is 194 g/mol. The highest BCUT2D eigenvalue weighted by Gasteiger charge is 2.08. The maximum absolute atomic E-state index is 9.83. The summed E-state index contributed by atoms with van der Waals surface area (Å²) in [5.74, 6) is 0. The number of nitrogens with two attached hydrogens (primary N) is 1. The molecule has 0 saturated heterocycles. The quantitative estimate of drug-likeness (QED) is 0.709. The molecule has 0 aromatic heterocycles. The molecule has 14 heavy (non-hydrogen) atoms. The van der Waals surface area contributed by atoms with Crippen LogP contribution in [-0.2, 0) is 0 Å². The molecule has 0 saturated carbocycles. The van der Waals surface area contributed by atoms with Gasteiger partial charge < -0.3 is 15.7 Å². The summed E-state index contributed by atoms with van der Waals surface area (Å²) in [7, 11) is 1.99. The van der Waals surface area contributed by atoms with Gasteiger partial charge in [-0.15, -0.1) is 0 Å². The van der Waals surface area contributed by atoms with E-state index >= 15 is 0 Å². The lowest BCUT2D eigenvalue weighted by Crippen LogP contribution is -2.24. The van der Waals surface area contributed by atoms with Crippen molar-refractivity contribution in [1.82, 2.24) is 4.90 Å².